The maximum absolute atomic E-state index is 12.3. The highest BCUT2D eigenvalue weighted by Gasteiger charge is 2.25. The van der Waals surface area contributed by atoms with Crippen molar-refractivity contribution in [3.05, 3.63) is 32.8 Å². The molecule has 1 N–H and O–H groups in total. The van der Waals surface area contributed by atoms with Crippen LogP contribution in [-0.4, -0.2) is 48.0 Å². The van der Waals surface area contributed by atoms with Crippen LogP contribution in [0.15, 0.2) is 22.7 Å². The Kier molecular flexibility index (Phi) is 5.13. The summed E-state index contributed by atoms with van der Waals surface area (Å²) in [5, 5.41) is 14.0. The molecule has 0 aliphatic carbocycles. The molecule has 0 bridgehead atoms. The Morgan fingerprint density at radius 1 is 1.48 bits per heavy atom. The number of carbonyl (C=O) groups is 1. The Balaban J connectivity index is 2.08. The molecule has 21 heavy (non-hydrogen) atoms. The van der Waals surface area contributed by atoms with Crippen molar-refractivity contribution < 1.29 is 14.5 Å². The fourth-order valence-corrected chi connectivity index (χ4v) is 2.62. The lowest BCUT2D eigenvalue weighted by Gasteiger charge is -2.29. The number of rotatable bonds is 4. The number of nitrogens with one attached hydrogen (secondary N) is 1. The van der Waals surface area contributed by atoms with Crippen molar-refractivity contribution in [3.8, 4) is 5.75 Å². The monoisotopic (exact) mass is 357 g/mol. The molecule has 1 unspecified atom stereocenters. The number of ether oxygens (including phenoxy) is 1. The first-order valence-electron chi connectivity index (χ1n) is 6.59. The fraction of sp³-hybridized carbons (Fsp3) is 0.462. The van der Waals surface area contributed by atoms with Crippen molar-refractivity contribution in [2.45, 2.75) is 13.0 Å². The van der Waals surface area contributed by atoms with E-state index in [1.165, 1.54) is 12.1 Å². The number of halogens is 1. The zero-order valence-electron chi connectivity index (χ0n) is 11.5. The van der Waals surface area contributed by atoms with E-state index in [4.69, 9.17) is 4.74 Å². The maximum atomic E-state index is 12.3. The van der Waals surface area contributed by atoms with E-state index in [0.717, 1.165) is 13.1 Å². The van der Waals surface area contributed by atoms with Crippen LogP contribution in [0.3, 0.4) is 0 Å². The summed E-state index contributed by atoms with van der Waals surface area (Å²) >= 11 is 3.15. The quantitative estimate of drug-likeness (QED) is 0.652. The molecule has 1 aliphatic heterocycles. The predicted octanol–water partition coefficient (Wildman–Crippen LogP) is 1.56. The minimum absolute atomic E-state index is 0.0886. The Morgan fingerprint density at radius 2 is 2.14 bits per heavy atom. The van der Waals surface area contributed by atoms with Crippen LogP contribution < -0.4 is 10.1 Å². The van der Waals surface area contributed by atoms with Gasteiger partial charge in [0.05, 0.1) is 4.92 Å². The van der Waals surface area contributed by atoms with Crippen molar-refractivity contribution >= 4 is 27.5 Å². The highest BCUT2D eigenvalue weighted by molar-refractivity contribution is 9.10. The second-order valence-corrected chi connectivity index (χ2v) is 5.47. The average molecular weight is 358 g/mol. The molecule has 1 fully saturated rings. The number of piperazine rings is 1. The van der Waals surface area contributed by atoms with E-state index in [9.17, 15) is 14.9 Å². The maximum Gasteiger partial charge on any atom is 0.287 e. The normalized spacial score (nSPS) is 16.4. The fourth-order valence-electron chi connectivity index (χ4n) is 2.11. The second-order valence-electron chi connectivity index (χ2n) is 4.68. The molecule has 0 saturated carbocycles. The molecule has 114 valence electrons. The molecule has 1 aromatic carbocycles. The lowest BCUT2D eigenvalue weighted by Crippen LogP contribution is -2.50. The molecule has 1 heterocycles. The molecule has 0 radical (unpaired) electrons. The first kappa shape index (κ1) is 15.7. The first-order chi connectivity index (χ1) is 10.0. The van der Waals surface area contributed by atoms with Gasteiger partial charge in [-0.2, -0.15) is 0 Å². The van der Waals surface area contributed by atoms with Gasteiger partial charge in [-0.05, 0) is 28.9 Å². The molecular weight excluding hydrogens is 342 g/mol. The van der Waals surface area contributed by atoms with E-state index >= 15 is 0 Å². The van der Waals surface area contributed by atoms with Crippen molar-refractivity contribution in [1.82, 2.24) is 10.2 Å². The zero-order chi connectivity index (χ0) is 15.4. The summed E-state index contributed by atoms with van der Waals surface area (Å²) in [4.78, 5) is 24.4. The number of nitro groups is 1. The summed E-state index contributed by atoms with van der Waals surface area (Å²) < 4.78 is 5.83. The molecular formula is C13H16BrN3O4. The van der Waals surface area contributed by atoms with Crippen LogP contribution >= 0.6 is 15.9 Å². The number of nitro benzene ring substituents is 1. The van der Waals surface area contributed by atoms with Gasteiger partial charge in [0.15, 0.2) is 6.10 Å². The average Bonchev–Trinajstić information content (AvgIpc) is 2.49. The molecule has 0 aromatic heterocycles. The van der Waals surface area contributed by atoms with E-state index < -0.39 is 11.0 Å². The van der Waals surface area contributed by atoms with Crippen molar-refractivity contribution in [1.29, 1.82) is 0 Å². The summed E-state index contributed by atoms with van der Waals surface area (Å²) in [5.74, 6) is 0.176. The van der Waals surface area contributed by atoms with Crippen LogP contribution in [0.1, 0.15) is 6.92 Å². The Labute approximate surface area is 130 Å². The Hall–Kier alpha value is -1.67. The smallest absolute Gasteiger partial charge is 0.287 e. The number of carbonyl (C=O) groups excluding carboxylic acids is 1. The molecule has 2 rings (SSSR count). The van der Waals surface area contributed by atoms with E-state index in [1.807, 2.05) is 0 Å². The number of hydrogen-bond acceptors (Lipinski definition) is 5. The second kappa shape index (κ2) is 6.86. The van der Waals surface area contributed by atoms with Crippen LogP contribution in [0.5, 0.6) is 5.75 Å². The van der Waals surface area contributed by atoms with Crippen molar-refractivity contribution in [3.63, 3.8) is 0 Å². The molecule has 7 nitrogen and oxygen atoms in total. The Bertz CT molecular complexity index is 546. The van der Waals surface area contributed by atoms with Gasteiger partial charge in [0.25, 0.3) is 11.6 Å². The van der Waals surface area contributed by atoms with E-state index in [-0.39, 0.29) is 16.1 Å². The summed E-state index contributed by atoms with van der Waals surface area (Å²) in [6.07, 6.45) is -0.693. The van der Waals surface area contributed by atoms with E-state index in [2.05, 4.69) is 21.2 Å². The van der Waals surface area contributed by atoms with Gasteiger partial charge in [-0.15, -0.1) is 0 Å². The van der Waals surface area contributed by atoms with Crippen LogP contribution in [0, 0.1) is 10.1 Å². The van der Waals surface area contributed by atoms with E-state index in [0.29, 0.717) is 18.8 Å². The molecule has 1 amide bonds. The van der Waals surface area contributed by atoms with Gasteiger partial charge in [-0.3, -0.25) is 14.9 Å². The van der Waals surface area contributed by atoms with Crippen molar-refractivity contribution in [2.24, 2.45) is 0 Å². The highest BCUT2D eigenvalue weighted by atomic mass is 79.9. The number of hydrogen-bond donors (Lipinski definition) is 1. The minimum Gasteiger partial charge on any atom is -0.479 e. The third-order valence-electron chi connectivity index (χ3n) is 3.22. The molecule has 1 aromatic rings. The van der Waals surface area contributed by atoms with Gasteiger partial charge in [-0.1, -0.05) is 6.07 Å². The molecule has 1 aliphatic rings. The van der Waals surface area contributed by atoms with Gasteiger partial charge in [0.1, 0.15) is 10.2 Å². The molecule has 0 spiro atoms. The molecule has 1 saturated heterocycles. The Morgan fingerprint density at radius 3 is 2.76 bits per heavy atom. The predicted molar refractivity (Wildman–Crippen MR) is 80.3 cm³/mol. The van der Waals surface area contributed by atoms with E-state index in [1.54, 1.807) is 17.9 Å². The number of nitrogens with zero attached hydrogens (tertiary/aromatic N) is 2. The summed E-state index contributed by atoms with van der Waals surface area (Å²) in [6, 6.07) is 4.50. The lowest BCUT2D eigenvalue weighted by atomic mass is 10.2. The number of amides is 1. The van der Waals surface area contributed by atoms with Gasteiger partial charge >= 0.3 is 0 Å². The third kappa shape index (κ3) is 3.70. The number of benzene rings is 1. The van der Waals surface area contributed by atoms with Gasteiger partial charge in [0.2, 0.25) is 0 Å². The topological polar surface area (TPSA) is 84.7 Å². The standard InChI is InChI=1S/C13H16BrN3O4/c1-9(13(18)16-7-5-15-6-8-16)21-11-4-2-3-10(12(11)14)17(19)20/h2-4,9,15H,5-8H2,1H3. The summed E-state index contributed by atoms with van der Waals surface area (Å²) in [5.41, 5.74) is -0.0886. The molecule has 8 heteroatoms. The van der Waals surface area contributed by atoms with Crippen LogP contribution in [0.2, 0.25) is 0 Å². The van der Waals surface area contributed by atoms with Gasteiger partial charge in [-0.25, -0.2) is 0 Å². The molecule has 1 atom stereocenters. The first-order valence-corrected chi connectivity index (χ1v) is 7.39. The van der Waals surface area contributed by atoms with Gasteiger partial charge < -0.3 is 15.0 Å². The highest BCUT2D eigenvalue weighted by Crippen LogP contribution is 2.34. The van der Waals surface area contributed by atoms with Crippen LogP contribution in [0.4, 0.5) is 5.69 Å². The summed E-state index contributed by atoms with van der Waals surface area (Å²) in [6.45, 7) is 4.46. The third-order valence-corrected chi connectivity index (χ3v) is 4.02. The van der Waals surface area contributed by atoms with Crippen molar-refractivity contribution in [2.75, 3.05) is 26.2 Å². The lowest BCUT2D eigenvalue weighted by molar-refractivity contribution is -0.385. The zero-order valence-corrected chi connectivity index (χ0v) is 13.1. The minimum atomic E-state index is -0.693. The largest absolute Gasteiger partial charge is 0.479 e. The van der Waals surface area contributed by atoms with Crippen LogP contribution in [0.25, 0.3) is 0 Å². The summed E-state index contributed by atoms with van der Waals surface area (Å²) in [7, 11) is 0. The van der Waals surface area contributed by atoms with Gasteiger partial charge in [0, 0.05) is 32.2 Å². The SMILES string of the molecule is CC(Oc1cccc([N+](=O)[O-])c1Br)C(=O)N1CCNCC1. The van der Waals surface area contributed by atoms with Crippen LogP contribution in [-0.2, 0) is 4.79 Å².